The fourth-order valence-electron chi connectivity index (χ4n) is 1.56. The van der Waals surface area contributed by atoms with Crippen LogP contribution >= 0.6 is 0 Å². The normalized spacial score (nSPS) is 11.9. The monoisotopic (exact) mass is 270 g/mol. The van der Waals surface area contributed by atoms with E-state index in [1.807, 2.05) is 6.92 Å². The van der Waals surface area contributed by atoms with E-state index in [4.69, 9.17) is 10.5 Å². The van der Waals surface area contributed by atoms with Gasteiger partial charge in [0.15, 0.2) is 0 Å². The zero-order valence-electron chi connectivity index (χ0n) is 10.9. The first-order valence-corrected chi connectivity index (χ1v) is 5.87. The van der Waals surface area contributed by atoms with Gasteiger partial charge >= 0.3 is 6.01 Å². The van der Waals surface area contributed by atoms with Crippen LogP contribution in [0.25, 0.3) is 10.9 Å². The van der Waals surface area contributed by atoms with Crippen molar-refractivity contribution >= 4 is 10.9 Å². The third-order valence-electron chi connectivity index (χ3n) is 2.37. The maximum Gasteiger partial charge on any atom is 0.325 e. The lowest BCUT2D eigenvalue weighted by Crippen LogP contribution is -2.00. The average molecular weight is 270 g/mol. The molecule has 0 fully saturated rings. The molecule has 2 aromatic rings. The van der Waals surface area contributed by atoms with Gasteiger partial charge < -0.3 is 15.6 Å². The molecule has 2 heterocycles. The second kappa shape index (κ2) is 5.83. The molecule has 3 N–H and O–H groups in total. The summed E-state index contributed by atoms with van der Waals surface area (Å²) in [4.78, 5) is 11.9. The van der Waals surface area contributed by atoms with Crippen molar-refractivity contribution in [2.75, 3.05) is 0 Å². The minimum Gasteiger partial charge on any atom is -0.493 e. The molecule has 0 aliphatic carbocycles. The highest BCUT2D eigenvalue weighted by atomic mass is 16.5. The number of hydrogen-bond donors (Lipinski definition) is 2. The molecule has 6 heteroatoms. The van der Waals surface area contributed by atoms with Crippen molar-refractivity contribution in [3.63, 3.8) is 0 Å². The molecular weight excluding hydrogens is 256 g/mol. The quantitative estimate of drug-likeness (QED) is 0.652. The fourth-order valence-corrected chi connectivity index (χ4v) is 1.56. The van der Waals surface area contributed by atoms with E-state index in [1.54, 1.807) is 24.4 Å². The summed E-state index contributed by atoms with van der Waals surface area (Å²) in [5.41, 5.74) is 6.66. The van der Waals surface area contributed by atoms with E-state index in [-0.39, 0.29) is 17.6 Å². The van der Waals surface area contributed by atoms with Crippen LogP contribution in [0.5, 0.6) is 11.9 Å². The van der Waals surface area contributed by atoms with Gasteiger partial charge in [0.1, 0.15) is 5.76 Å². The van der Waals surface area contributed by atoms with Crippen LogP contribution in [0.15, 0.2) is 54.7 Å². The third kappa shape index (κ3) is 3.11. The van der Waals surface area contributed by atoms with Crippen LogP contribution in [0.2, 0.25) is 0 Å². The van der Waals surface area contributed by atoms with Gasteiger partial charge in [-0.3, -0.25) is 4.98 Å². The number of allylic oxidation sites excluding steroid dienone is 3. The number of nitrogens with two attached hydrogens (primary N) is 1. The smallest absolute Gasteiger partial charge is 0.325 e. The van der Waals surface area contributed by atoms with Gasteiger partial charge in [-0.1, -0.05) is 12.7 Å². The topological polar surface area (TPSA) is 94.2 Å². The van der Waals surface area contributed by atoms with E-state index < -0.39 is 0 Å². The number of nitrogens with zero attached hydrogens (tertiary/aromatic N) is 3. The van der Waals surface area contributed by atoms with Crippen molar-refractivity contribution in [3.8, 4) is 11.9 Å². The number of hydrogen-bond acceptors (Lipinski definition) is 6. The first-order valence-electron chi connectivity index (χ1n) is 5.87. The zero-order chi connectivity index (χ0) is 14.5. The molecule has 0 aliphatic heterocycles. The van der Waals surface area contributed by atoms with Crippen LogP contribution < -0.4 is 10.5 Å². The Morgan fingerprint density at radius 3 is 3.00 bits per heavy atom. The molecule has 0 saturated heterocycles. The van der Waals surface area contributed by atoms with Crippen molar-refractivity contribution in [1.29, 1.82) is 0 Å². The van der Waals surface area contributed by atoms with Crippen molar-refractivity contribution in [3.05, 3.63) is 54.7 Å². The predicted molar refractivity (Wildman–Crippen MR) is 75.9 cm³/mol. The van der Waals surface area contributed by atoms with Crippen molar-refractivity contribution in [2.45, 2.75) is 6.92 Å². The van der Waals surface area contributed by atoms with Gasteiger partial charge in [-0.25, -0.2) is 0 Å². The summed E-state index contributed by atoms with van der Waals surface area (Å²) in [5.74, 6) is 0.0915. The Kier molecular flexibility index (Phi) is 3.95. The predicted octanol–water partition coefficient (Wildman–Crippen LogP) is 2.04. The van der Waals surface area contributed by atoms with Crippen molar-refractivity contribution < 1.29 is 9.84 Å². The number of ether oxygens (including phenoxy) is 1. The summed E-state index contributed by atoms with van der Waals surface area (Å²) in [7, 11) is 0. The number of pyridine rings is 1. The lowest BCUT2D eigenvalue weighted by Gasteiger charge is -2.06. The standard InChI is InChI=1S/C14H14N4O2/c1-3-4-10(15)7-9(2)20-14-17-12-8-16-6-5-11(12)13(19)18-14/h3-8H,2,15H2,1H3,(H,17,18,19)/b4-3-,10-7+. The van der Waals surface area contributed by atoms with E-state index in [1.165, 1.54) is 12.3 Å². The fraction of sp³-hybridized carbons (Fsp3) is 0.0714. The second-order valence-electron chi connectivity index (χ2n) is 3.94. The molecule has 0 aromatic carbocycles. The van der Waals surface area contributed by atoms with Crippen LogP contribution in [0.1, 0.15) is 6.92 Å². The summed E-state index contributed by atoms with van der Waals surface area (Å²) < 4.78 is 5.33. The Morgan fingerprint density at radius 2 is 2.25 bits per heavy atom. The Labute approximate surface area is 116 Å². The van der Waals surface area contributed by atoms with Gasteiger partial charge in [0.05, 0.1) is 17.1 Å². The van der Waals surface area contributed by atoms with Crippen LogP contribution in [-0.4, -0.2) is 20.1 Å². The molecule has 0 bridgehead atoms. The van der Waals surface area contributed by atoms with Crippen LogP contribution in [0.3, 0.4) is 0 Å². The molecule has 20 heavy (non-hydrogen) atoms. The summed E-state index contributed by atoms with van der Waals surface area (Å²) in [6, 6.07) is 1.60. The van der Waals surface area contributed by atoms with E-state index in [9.17, 15) is 5.11 Å². The highest BCUT2D eigenvalue weighted by molar-refractivity contribution is 5.82. The Bertz CT molecular complexity index is 707. The second-order valence-corrected chi connectivity index (χ2v) is 3.94. The number of fused-ring (bicyclic) bond motifs is 1. The molecule has 0 saturated carbocycles. The molecule has 6 nitrogen and oxygen atoms in total. The van der Waals surface area contributed by atoms with E-state index >= 15 is 0 Å². The molecular formula is C14H14N4O2. The van der Waals surface area contributed by atoms with Crippen molar-refractivity contribution in [1.82, 2.24) is 15.0 Å². The van der Waals surface area contributed by atoms with E-state index in [0.29, 0.717) is 16.6 Å². The Hall–Kier alpha value is -2.89. The lowest BCUT2D eigenvalue weighted by atomic mass is 10.3. The van der Waals surface area contributed by atoms with Crippen LogP contribution in [0, 0.1) is 0 Å². The number of aromatic nitrogens is 3. The maximum absolute atomic E-state index is 9.79. The SMILES string of the molecule is C=C(/C=C(N)\C=C/C)Oc1nc(O)c2ccncc2n1. The molecule has 0 spiro atoms. The van der Waals surface area contributed by atoms with Gasteiger partial charge in [-0.15, -0.1) is 0 Å². The molecule has 0 radical (unpaired) electrons. The molecule has 0 aliphatic rings. The summed E-state index contributed by atoms with van der Waals surface area (Å²) in [6.45, 7) is 5.54. The molecule has 0 amide bonds. The van der Waals surface area contributed by atoms with Crippen molar-refractivity contribution in [2.24, 2.45) is 5.73 Å². The van der Waals surface area contributed by atoms with E-state index in [2.05, 4.69) is 21.5 Å². The molecule has 2 aromatic heterocycles. The zero-order valence-corrected chi connectivity index (χ0v) is 10.9. The molecule has 0 atom stereocenters. The van der Waals surface area contributed by atoms with Gasteiger partial charge in [0, 0.05) is 18.0 Å². The molecule has 102 valence electrons. The highest BCUT2D eigenvalue weighted by Gasteiger charge is 2.08. The van der Waals surface area contributed by atoms with Gasteiger partial charge in [0.2, 0.25) is 5.88 Å². The summed E-state index contributed by atoms with van der Waals surface area (Å²) >= 11 is 0. The number of rotatable bonds is 4. The first kappa shape index (κ1) is 13.5. The van der Waals surface area contributed by atoms with Gasteiger partial charge in [-0.2, -0.15) is 9.97 Å². The summed E-state index contributed by atoms with van der Waals surface area (Å²) in [6.07, 6.45) is 8.09. The largest absolute Gasteiger partial charge is 0.493 e. The first-order chi connectivity index (χ1) is 9.60. The lowest BCUT2D eigenvalue weighted by molar-refractivity contribution is 0.391. The maximum atomic E-state index is 9.79. The van der Waals surface area contributed by atoms with Gasteiger partial charge in [-0.05, 0) is 19.1 Å². The van der Waals surface area contributed by atoms with Crippen LogP contribution in [-0.2, 0) is 0 Å². The molecule has 0 unspecified atom stereocenters. The number of aromatic hydroxyl groups is 1. The Balaban J connectivity index is 2.26. The highest BCUT2D eigenvalue weighted by Crippen LogP contribution is 2.23. The minimum absolute atomic E-state index is 0.0162. The van der Waals surface area contributed by atoms with Gasteiger partial charge in [0.25, 0.3) is 0 Å². The Morgan fingerprint density at radius 1 is 1.45 bits per heavy atom. The minimum atomic E-state index is -0.175. The summed E-state index contributed by atoms with van der Waals surface area (Å²) in [5, 5.41) is 10.3. The van der Waals surface area contributed by atoms with Crippen LogP contribution in [0.4, 0.5) is 0 Å². The molecule has 2 rings (SSSR count). The van der Waals surface area contributed by atoms with E-state index in [0.717, 1.165) is 0 Å². The average Bonchev–Trinajstić information content (AvgIpc) is 2.38. The third-order valence-corrected chi connectivity index (χ3v) is 2.37.